The molecule has 6 heteroatoms. The number of benzene rings is 1. The van der Waals surface area contributed by atoms with Crippen molar-refractivity contribution in [1.29, 1.82) is 0 Å². The van der Waals surface area contributed by atoms with Crippen LogP contribution in [0.4, 0.5) is 0 Å². The Bertz CT molecular complexity index is 603. The first kappa shape index (κ1) is 16.3. The Labute approximate surface area is 139 Å². The van der Waals surface area contributed by atoms with Crippen molar-refractivity contribution in [2.24, 2.45) is 0 Å². The molecule has 1 aliphatic heterocycles. The van der Waals surface area contributed by atoms with E-state index in [1.165, 1.54) is 0 Å². The van der Waals surface area contributed by atoms with E-state index in [0.29, 0.717) is 11.6 Å². The molecule has 1 aliphatic rings. The van der Waals surface area contributed by atoms with Gasteiger partial charge < -0.3 is 10.2 Å². The van der Waals surface area contributed by atoms with E-state index in [2.05, 4.69) is 5.32 Å². The summed E-state index contributed by atoms with van der Waals surface area (Å²) in [5.74, 6) is 0.0812. The van der Waals surface area contributed by atoms with E-state index in [-0.39, 0.29) is 24.4 Å². The second-order valence-electron chi connectivity index (χ2n) is 4.75. The minimum atomic E-state index is -0.00940. The van der Waals surface area contributed by atoms with E-state index in [9.17, 15) is 4.79 Å². The van der Waals surface area contributed by atoms with Crippen LogP contribution in [-0.2, 0) is 0 Å². The maximum absolute atomic E-state index is 12.6. The second-order valence-corrected chi connectivity index (χ2v) is 5.94. The Morgan fingerprint density at radius 2 is 2.14 bits per heavy atom. The van der Waals surface area contributed by atoms with Crippen LogP contribution in [0.15, 0.2) is 41.1 Å². The number of carbonyl (C=O) groups is 1. The molecule has 0 bridgehead atoms. The zero-order chi connectivity index (χ0) is 13.9. The van der Waals surface area contributed by atoms with Gasteiger partial charge in [0.25, 0.3) is 5.91 Å². The van der Waals surface area contributed by atoms with E-state index < -0.39 is 0 Å². The van der Waals surface area contributed by atoms with Gasteiger partial charge in [0, 0.05) is 30.0 Å². The Kier molecular flexibility index (Phi) is 5.65. The lowest BCUT2D eigenvalue weighted by Crippen LogP contribution is -2.48. The van der Waals surface area contributed by atoms with Crippen LogP contribution in [0.2, 0.25) is 5.02 Å². The minimum absolute atomic E-state index is 0. The van der Waals surface area contributed by atoms with Crippen molar-refractivity contribution < 1.29 is 4.79 Å². The summed E-state index contributed by atoms with van der Waals surface area (Å²) >= 11 is 7.83. The van der Waals surface area contributed by atoms with Crippen molar-refractivity contribution in [3.63, 3.8) is 0 Å². The first-order valence-corrected chi connectivity index (χ1v) is 7.88. The van der Waals surface area contributed by atoms with Crippen LogP contribution >= 0.6 is 35.3 Å². The molecule has 1 aromatic carbocycles. The van der Waals surface area contributed by atoms with Gasteiger partial charge in [-0.25, -0.2) is 0 Å². The van der Waals surface area contributed by atoms with Crippen molar-refractivity contribution in [1.82, 2.24) is 10.2 Å². The van der Waals surface area contributed by atoms with Crippen LogP contribution in [-0.4, -0.2) is 30.4 Å². The molecule has 1 saturated heterocycles. The average Bonchev–Trinajstić information content (AvgIpc) is 3.01. The van der Waals surface area contributed by atoms with E-state index in [1.807, 2.05) is 46.0 Å². The summed E-state index contributed by atoms with van der Waals surface area (Å²) in [5.41, 5.74) is 1.76. The first-order chi connectivity index (χ1) is 9.77. The number of thiophene rings is 1. The quantitative estimate of drug-likeness (QED) is 0.904. The molecule has 2 aromatic rings. The Morgan fingerprint density at radius 1 is 1.33 bits per heavy atom. The summed E-state index contributed by atoms with van der Waals surface area (Å²) in [6, 6.07) is 9.60. The minimum Gasteiger partial charge on any atom is -0.329 e. The zero-order valence-corrected chi connectivity index (χ0v) is 13.7. The van der Waals surface area contributed by atoms with E-state index in [1.54, 1.807) is 11.3 Å². The largest absolute Gasteiger partial charge is 0.329 e. The molecule has 21 heavy (non-hydrogen) atoms. The fraction of sp³-hybridized carbons (Fsp3) is 0.267. The number of rotatable bonds is 2. The molecule has 3 nitrogen and oxygen atoms in total. The summed E-state index contributed by atoms with van der Waals surface area (Å²) in [6.45, 7) is 2.25. The molecular formula is C15H16Cl2N2OS. The van der Waals surface area contributed by atoms with Gasteiger partial charge in [-0.3, -0.25) is 4.79 Å². The molecule has 1 atom stereocenters. The van der Waals surface area contributed by atoms with Gasteiger partial charge in [-0.05, 0) is 23.1 Å². The van der Waals surface area contributed by atoms with Crippen LogP contribution < -0.4 is 5.32 Å². The number of amides is 1. The topological polar surface area (TPSA) is 32.3 Å². The number of hydrogen-bond acceptors (Lipinski definition) is 3. The standard InChI is InChI=1S/C15H15ClN2OS.ClH/c16-13-4-2-1-3-12(13)14-9-17-6-7-18(14)15(19)11-5-8-20-10-11;/h1-5,8,10,14,17H,6-7,9H2;1H. The number of nitrogens with one attached hydrogen (secondary N) is 1. The third-order valence-electron chi connectivity index (χ3n) is 3.54. The summed E-state index contributed by atoms with van der Waals surface area (Å²) in [5, 5.41) is 7.88. The third kappa shape index (κ3) is 3.40. The normalized spacial score (nSPS) is 18.1. The molecule has 1 unspecified atom stereocenters. The number of nitrogens with zero attached hydrogens (tertiary/aromatic N) is 1. The fourth-order valence-electron chi connectivity index (χ4n) is 2.52. The van der Waals surface area contributed by atoms with Crippen LogP contribution in [0.1, 0.15) is 22.0 Å². The smallest absolute Gasteiger partial charge is 0.255 e. The Balaban J connectivity index is 0.00000161. The van der Waals surface area contributed by atoms with Gasteiger partial charge in [0.05, 0.1) is 11.6 Å². The summed E-state index contributed by atoms with van der Waals surface area (Å²) in [7, 11) is 0. The molecule has 0 spiro atoms. The van der Waals surface area contributed by atoms with Crippen molar-refractivity contribution in [2.75, 3.05) is 19.6 Å². The first-order valence-electron chi connectivity index (χ1n) is 6.55. The van der Waals surface area contributed by atoms with Crippen molar-refractivity contribution in [3.8, 4) is 0 Å². The molecule has 3 rings (SSSR count). The molecule has 0 saturated carbocycles. The van der Waals surface area contributed by atoms with Gasteiger partial charge in [-0.15, -0.1) is 12.4 Å². The summed E-state index contributed by atoms with van der Waals surface area (Å²) in [6.07, 6.45) is 0. The molecule has 1 aromatic heterocycles. The molecule has 2 heterocycles. The highest BCUT2D eigenvalue weighted by Gasteiger charge is 2.29. The van der Waals surface area contributed by atoms with E-state index in [0.717, 1.165) is 24.2 Å². The molecule has 1 amide bonds. The molecular weight excluding hydrogens is 327 g/mol. The second kappa shape index (κ2) is 7.27. The van der Waals surface area contributed by atoms with Crippen LogP contribution in [0.5, 0.6) is 0 Å². The van der Waals surface area contributed by atoms with E-state index in [4.69, 9.17) is 11.6 Å². The van der Waals surface area contributed by atoms with Crippen LogP contribution in [0, 0.1) is 0 Å². The van der Waals surface area contributed by atoms with Crippen LogP contribution in [0.3, 0.4) is 0 Å². The number of piperazine rings is 1. The molecule has 0 aliphatic carbocycles. The molecule has 0 radical (unpaired) electrons. The SMILES string of the molecule is Cl.O=C(c1ccsc1)N1CCNCC1c1ccccc1Cl. The van der Waals surface area contributed by atoms with E-state index >= 15 is 0 Å². The average molecular weight is 343 g/mol. The lowest BCUT2D eigenvalue weighted by molar-refractivity contribution is 0.0635. The van der Waals surface area contributed by atoms with Crippen molar-refractivity contribution in [2.45, 2.75) is 6.04 Å². The monoisotopic (exact) mass is 342 g/mol. The van der Waals surface area contributed by atoms with Crippen molar-refractivity contribution in [3.05, 3.63) is 57.2 Å². The highest BCUT2D eigenvalue weighted by molar-refractivity contribution is 7.08. The van der Waals surface area contributed by atoms with Crippen molar-refractivity contribution >= 4 is 41.3 Å². The molecule has 1 N–H and O–H groups in total. The lowest BCUT2D eigenvalue weighted by Gasteiger charge is -2.36. The third-order valence-corrected chi connectivity index (χ3v) is 4.56. The Hall–Kier alpha value is -1.07. The molecule has 112 valence electrons. The predicted octanol–water partition coefficient (Wildman–Crippen LogP) is 3.61. The van der Waals surface area contributed by atoms with Gasteiger partial charge in [0.1, 0.15) is 0 Å². The Morgan fingerprint density at radius 3 is 2.86 bits per heavy atom. The van der Waals surface area contributed by atoms with Gasteiger partial charge in [-0.1, -0.05) is 29.8 Å². The number of halogens is 2. The van der Waals surface area contributed by atoms with Crippen LogP contribution in [0.25, 0.3) is 0 Å². The predicted molar refractivity (Wildman–Crippen MR) is 89.7 cm³/mol. The highest BCUT2D eigenvalue weighted by Crippen LogP contribution is 2.29. The maximum atomic E-state index is 12.6. The lowest BCUT2D eigenvalue weighted by atomic mass is 10.0. The fourth-order valence-corrected chi connectivity index (χ4v) is 3.41. The number of hydrogen-bond donors (Lipinski definition) is 1. The summed E-state index contributed by atoms with van der Waals surface area (Å²) < 4.78 is 0. The zero-order valence-electron chi connectivity index (χ0n) is 11.3. The highest BCUT2D eigenvalue weighted by atomic mass is 35.5. The van der Waals surface area contributed by atoms with Gasteiger partial charge >= 0.3 is 0 Å². The summed E-state index contributed by atoms with van der Waals surface area (Å²) in [4.78, 5) is 14.5. The van der Waals surface area contributed by atoms with Gasteiger partial charge in [0.2, 0.25) is 0 Å². The maximum Gasteiger partial charge on any atom is 0.255 e. The number of carbonyl (C=O) groups excluding carboxylic acids is 1. The molecule has 1 fully saturated rings. The van der Waals surface area contributed by atoms with Gasteiger partial charge in [0.15, 0.2) is 0 Å². The van der Waals surface area contributed by atoms with Gasteiger partial charge in [-0.2, -0.15) is 11.3 Å².